The molecule has 1 amide bonds. The standard InChI is InChI=1S/C41H43N5O/c1-45-39-22-21-36(26-38(39)44-40(45)23-20-30-12-14-31(27-42)15-13-30)41(47)46(29-33-18-16-32(28-43)17-19-33)25-24-37(34-8-4-2-5-9-34)35-10-6-3-7-11-35/h2-19,21-22,26,37H,20,23-25,27-29,42-43H2,1H3. The molecule has 6 heteroatoms. The number of amides is 1. The highest BCUT2D eigenvalue weighted by molar-refractivity contribution is 5.97. The van der Waals surface area contributed by atoms with Gasteiger partial charge in [-0.1, -0.05) is 109 Å². The first kappa shape index (κ1) is 31.9. The monoisotopic (exact) mass is 621 g/mol. The van der Waals surface area contributed by atoms with E-state index in [1.807, 2.05) is 54.4 Å². The predicted octanol–water partition coefficient (Wildman–Crippen LogP) is 7.14. The van der Waals surface area contributed by atoms with E-state index in [1.165, 1.54) is 16.7 Å². The summed E-state index contributed by atoms with van der Waals surface area (Å²) in [6.07, 6.45) is 2.49. The number of carbonyl (C=O) groups is 1. The summed E-state index contributed by atoms with van der Waals surface area (Å²) in [7, 11) is 2.05. The Morgan fingerprint density at radius 3 is 1.83 bits per heavy atom. The Bertz CT molecular complexity index is 1860. The summed E-state index contributed by atoms with van der Waals surface area (Å²) in [5.74, 6) is 1.17. The third-order valence-corrected chi connectivity index (χ3v) is 9.13. The average molecular weight is 622 g/mol. The van der Waals surface area contributed by atoms with Crippen LogP contribution < -0.4 is 11.5 Å². The lowest BCUT2D eigenvalue weighted by Gasteiger charge is -2.26. The molecule has 6 nitrogen and oxygen atoms in total. The lowest BCUT2D eigenvalue weighted by atomic mass is 9.88. The van der Waals surface area contributed by atoms with Crippen LogP contribution in [0, 0.1) is 0 Å². The minimum atomic E-state index is 0.00173. The zero-order valence-corrected chi connectivity index (χ0v) is 27.1. The number of fused-ring (bicyclic) bond motifs is 1. The Balaban J connectivity index is 1.25. The second-order valence-electron chi connectivity index (χ2n) is 12.2. The van der Waals surface area contributed by atoms with Crippen LogP contribution >= 0.6 is 0 Å². The number of nitrogens with two attached hydrogens (primary N) is 2. The predicted molar refractivity (Wildman–Crippen MR) is 191 cm³/mol. The van der Waals surface area contributed by atoms with Crippen molar-refractivity contribution in [2.45, 2.75) is 44.8 Å². The van der Waals surface area contributed by atoms with E-state index in [4.69, 9.17) is 16.5 Å². The van der Waals surface area contributed by atoms with E-state index in [0.717, 1.165) is 52.8 Å². The van der Waals surface area contributed by atoms with E-state index in [0.29, 0.717) is 31.7 Å². The second-order valence-corrected chi connectivity index (χ2v) is 12.2. The van der Waals surface area contributed by atoms with E-state index >= 15 is 0 Å². The van der Waals surface area contributed by atoms with Gasteiger partial charge in [0.25, 0.3) is 5.91 Å². The van der Waals surface area contributed by atoms with Gasteiger partial charge in [-0.2, -0.15) is 0 Å². The minimum Gasteiger partial charge on any atom is -0.334 e. The molecule has 238 valence electrons. The summed E-state index contributed by atoms with van der Waals surface area (Å²) in [5, 5.41) is 0. The van der Waals surface area contributed by atoms with Crippen molar-refractivity contribution in [3.05, 3.63) is 172 Å². The normalized spacial score (nSPS) is 11.3. The number of imidazole rings is 1. The smallest absolute Gasteiger partial charge is 0.254 e. The van der Waals surface area contributed by atoms with Crippen molar-refractivity contribution in [2.75, 3.05) is 6.54 Å². The van der Waals surface area contributed by atoms with Crippen LogP contribution in [-0.2, 0) is 39.5 Å². The molecule has 5 aromatic carbocycles. The van der Waals surface area contributed by atoms with Crippen molar-refractivity contribution in [3.8, 4) is 0 Å². The van der Waals surface area contributed by atoms with Crippen LogP contribution in [-0.4, -0.2) is 26.9 Å². The summed E-state index contributed by atoms with van der Waals surface area (Å²) in [6.45, 7) is 2.14. The molecule has 47 heavy (non-hydrogen) atoms. The first-order chi connectivity index (χ1) is 23.0. The molecule has 0 aliphatic rings. The SMILES string of the molecule is Cn1c(CCc2ccc(CN)cc2)nc2cc(C(=O)N(CCC(c3ccccc3)c3ccccc3)Cc3ccc(CN)cc3)ccc21. The highest BCUT2D eigenvalue weighted by Crippen LogP contribution is 2.29. The quantitative estimate of drug-likeness (QED) is 0.143. The lowest BCUT2D eigenvalue weighted by Crippen LogP contribution is -2.32. The van der Waals surface area contributed by atoms with Crippen molar-refractivity contribution in [2.24, 2.45) is 18.5 Å². The van der Waals surface area contributed by atoms with Gasteiger partial charge < -0.3 is 20.9 Å². The van der Waals surface area contributed by atoms with Crippen molar-refractivity contribution in [1.29, 1.82) is 0 Å². The zero-order valence-electron chi connectivity index (χ0n) is 27.1. The topological polar surface area (TPSA) is 90.2 Å². The summed E-state index contributed by atoms with van der Waals surface area (Å²) in [4.78, 5) is 21.3. The van der Waals surface area contributed by atoms with Gasteiger partial charge in [0.1, 0.15) is 5.82 Å². The molecular weight excluding hydrogens is 578 g/mol. The first-order valence-corrected chi connectivity index (χ1v) is 16.4. The molecule has 0 aliphatic carbocycles. The molecule has 1 aromatic heterocycles. The fraction of sp³-hybridized carbons (Fsp3) is 0.220. The molecule has 0 radical (unpaired) electrons. The molecule has 0 aliphatic heterocycles. The molecule has 4 N–H and O–H groups in total. The van der Waals surface area contributed by atoms with Gasteiger partial charge >= 0.3 is 0 Å². The third-order valence-electron chi connectivity index (χ3n) is 9.13. The summed E-state index contributed by atoms with van der Waals surface area (Å²) in [6, 6.07) is 43.8. The van der Waals surface area contributed by atoms with Crippen molar-refractivity contribution < 1.29 is 4.79 Å². The maximum atomic E-state index is 14.3. The van der Waals surface area contributed by atoms with Gasteiger partial charge in [-0.05, 0) is 64.4 Å². The van der Waals surface area contributed by atoms with E-state index in [9.17, 15) is 4.79 Å². The summed E-state index contributed by atoms with van der Waals surface area (Å²) >= 11 is 0. The van der Waals surface area contributed by atoms with Crippen LogP contribution in [0.25, 0.3) is 11.0 Å². The van der Waals surface area contributed by atoms with Gasteiger partial charge in [-0.3, -0.25) is 4.79 Å². The van der Waals surface area contributed by atoms with Gasteiger partial charge in [0.15, 0.2) is 0 Å². The molecular formula is C41H43N5O. The van der Waals surface area contributed by atoms with Crippen molar-refractivity contribution in [3.63, 3.8) is 0 Å². The molecule has 0 fully saturated rings. The van der Waals surface area contributed by atoms with Gasteiger partial charge in [-0.15, -0.1) is 0 Å². The second kappa shape index (κ2) is 15.0. The van der Waals surface area contributed by atoms with Crippen LogP contribution in [0.5, 0.6) is 0 Å². The van der Waals surface area contributed by atoms with Crippen LogP contribution in [0.2, 0.25) is 0 Å². The number of carbonyl (C=O) groups excluding carboxylic acids is 1. The Kier molecular flexibility index (Phi) is 10.2. The number of aromatic nitrogens is 2. The number of nitrogens with zero attached hydrogens (tertiary/aromatic N) is 3. The van der Waals surface area contributed by atoms with Crippen LogP contribution in [0.1, 0.15) is 61.9 Å². The minimum absolute atomic E-state index is 0.00173. The maximum Gasteiger partial charge on any atom is 0.254 e. The van der Waals surface area contributed by atoms with Crippen LogP contribution in [0.3, 0.4) is 0 Å². The highest BCUT2D eigenvalue weighted by Gasteiger charge is 2.22. The summed E-state index contributed by atoms with van der Waals surface area (Å²) in [5.41, 5.74) is 21.2. The van der Waals surface area contributed by atoms with Crippen LogP contribution in [0.4, 0.5) is 0 Å². The molecule has 0 saturated carbocycles. The Labute approximate surface area is 277 Å². The van der Waals surface area contributed by atoms with Crippen LogP contribution in [0.15, 0.2) is 127 Å². The fourth-order valence-corrected chi connectivity index (χ4v) is 6.32. The molecule has 0 saturated heterocycles. The average Bonchev–Trinajstić information content (AvgIpc) is 3.45. The number of rotatable bonds is 13. The highest BCUT2D eigenvalue weighted by atomic mass is 16.2. The van der Waals surface area contributed by atoms with Crippen molar-refractivity contribution >= 4 is 16.9 Å². The third kappa shape index (κ3) is 7.68. The number of hydrogen-bond acceptors (Lipinski definition) is 4. The molecule has 6 rings (SSSR count). The van der Waals surface area contributed by atoms with E-state index < -0.39 is 0 Å². The van der Waals surface area contributed by atoms with E-state index in [-0.39, 0.29) is 11.8 Å². The molecule has 0 unspecified atom stereocenters. The largest absolute Gasteiger partial charge is 0.334 e. The van der Waals surface area contributed by atoms with Gasteiger partial charge in [0.05, 0.1) is 11.0 Å². The Morgan fingerprint density at radius 1 is 0.702 bits per heavy atom. The molecule has 6 aromatic rings. The van der Waals surface area contributed by atoms with Gasteiger partial charge in [0, 0.05) is 51.1 Å². The Hall–Kier alpha value is -5.04. The van der Waals surface area contributed by atoms with E-state index in [2.05, 4.69) is 89.5 Å². The van der Waals surface area contributed by atoms with E-state index in [1.54, 1.807) is 0 Å². The molecule has 0 atom stereocenters. The molecule has 1 heterocycles. The molecule has 0 bridgehead atoms. The number of aryl methyl sites for hydroxylation is 3. The lowest BCUT2D eigenvalue weighted by molar-refractivity contribution is 0.0739. The Morgan fingerprint density at radius 2 is 1.26 bits per heavy atom. The maximum absolute atomic E-state index is 14.3. The summed E-state index contributed by atoms with van der Waals surface area (Å²) < 4.78 is 2.14. The zero-order chi connectivity index (χ0) is 32.6. The van der Waals surface area contributed by atoms with Crippen molar-refractivity contribution in [1.82, 2.24) is 14.5 Å². The fourth-order valence-electron chi connectivity index (χ4n) is 6.32. The molecule has 0 spiro atoms. The first-order valence-electron chi connectivity index (χ1n) is 16.4. The number of benzene rings is 5. The number of hydrogen-bond donors (Lipinski definition) is 2. The van der Waals surface area contributed by atoms with Gasteiger partial charge in [0.2, 0.25) is 0 Å². The van der Waals surface area contributed by atoms with Gasteiger partial charge in [-0.25, -0.2) is 4.98 Å².